The number of hydrogen-bond donors (Lipinski definition) is 1. The zero-order chi connectivity index (χ0) is 22.8. The minimum Gasteiger partial charge on any atom is -0.497 e. The number of halogens is 1. The maximum atomic E-state index is 15.3. The van der Waals surface area contributed by atoms with Gasteiger partial charge in [0.15, 0.2) is 11.6 Å². The standard InChI is InChI=1S/C24H23FN4O3/c1-4-9-28-14-16(13-26-28)18-6-5-7-20(23(18)25)27-24(31)19-12-21(15(2)30)29-10-8-17(32-3)11-22(19)29/h5-8,10-14H,4,9H2,1-3H3,(H,27,31). The molecule has 32 heavy (non-hydrogen) atoms. The van der Waals surface area contributed by atoms with Crippen LogP contribution in [0.4, 0.5) is 10.1 Å². The number of Topliss-reactive ketones (excluding diaryl/α,β-unsaturated/α-hetero) is 1. The van der Waals surface area contributed by atoms with Gasteiger partial charge < -0.3 is 14.5 Å². The number of methoxy groups -OCH3 is 1. The molecule has 0 fully saturated rings. The van der Waals surface area contributed by atoms with Crippen molar-refractivity contribution < 1.29 is 18.7 Å². The lowest BCUT2D eigenvalue weighted by atomic mass is 10.1. The van der Waals surface area contributed by atoms with Gasteiger partial charge in [-0.2, -0.15) is 5.10 Å². The molecule has 0 saturated carbocycles. The summed E-state index contributed by atoms with van der Waals surface area (Å²) in [7, 11) is 1.52. The van der Waals surface area contributed by atoms with Crippen molar-refractivity contribution in [2.24, 2.45) is 0 Å². The third kappa shape index (κ3) is 3.87. The quantitative estimate of drug-likeness (QED) is 0.423. The van der Waals surface area contributed by atoms with Gasteiger partial charge in [0.2, 0.25) is 0 Å². The number of carbonyl (C=O) groups excluding carboxylic acids is 2. The molecule has 0 saturated heterocycles. The van der Waals surface area contributed by atoms with E-state index in [0.717, 1.165) is 13.0 Å². The molecule has 0 aliphatic rings. The number of benzene rings is 1. The molecule has 1 aromatic carbocycles. The molecule has 1 amide bonds. The molecular formula is C24H23FN4O3. The van der Waals surface area contributed by atoms with Crippen molar-refractivity contribution in [3.8, 4) is 16.9 Å². The summed E-state index contributed by atoms with van der Waals surface area (Å²) >= 11 is 0. The minimum atomic E-state index is -0.551. The predicted molar refractivity (Wildman–Crippen MR) is 120 cm³/mol. The zero-order valence-corrected chi connectivity index (χ0v) is 18.1. The van der Waals surface area contributed by atoms with E-state index in [1.807, 2.05) is 6.92 Å². The maximum absolute atomic E-state index is 15.3. The largest absolute Gasteiger partial charge is 0.497 e. The Morgan fingerprint density at radius 3 is 2.75 bits per heavy atom. The lowest BCUT2D eigenvalue weighted by Gasteiger charge is -2.09. The van der Waals surface area contributed by atoms with Gasteiger partial charge in [0.25, 0.3) is 5.91 Å². The number of nitrogens with zero attached hydrogens (tertiary/aromatic N) is 3. The van der Waals surface area contributed by atoms with Crippen LogP contribution in [0.5, 0.6) is 5.75 Å². The van der Waals surface area contributed by atoms with E-state index in [1.165, 1.54) is 26.2 Å². The molecule has 3 heterocycles. The Hall–Kier alpha value is -3.94. The van der Waals surface area contributed by atoms with E-state index in [0.29, 0.717) is 28.1 Å². The molecular weight excluding hydrogens is 411 g/mol. The highest BCUT2D eigenvalue weighted by atomic mass is 19.1. The molecule has 1 N–H and O–H groups in total. The molecule has 7 nitrogen and oxygen atoms in total. The topological polar surface area (TPSA) is 77.6 Å². The van der Waals surface area contributed by atoms with Gasteiger partial charge in [-0.05, 0) is 24.6 Å². The fourth-order valence-corrected chi connectivity index (χ4v) is 3.65. The first kappa shape index (κ1) is 21.3. The fraction of sp³-hybridized carbons (Fsp3) is 0.208. The van der Waals surface area contributed by atoms with E-state index in [-0.39, 0.29) is 17.0 Å². The van der Waals surface area contributed by atoms with E-state index in [4.69, 9.17) is 4.74 Å². The molecule has 0 spiro atoms. The van der Waals surface area contributed by atoms with Gasteiger partial charge in [0.1, 0.15) is 5.75 Å². The second-order valence-electron chi connectivity index (χ2n) is 7.43. The molecule has 8 heteroatoms. The summed E-state index contributed by atoms with van der Waals surface area (Å²) in [5.74, 6) is -0.732. The third-order valence-electron chi connectivity index (χ3n) is 5.23. The van der Waals surface area contributed by atoms with Gasteiger partial charge in [-0.3, -0.25) is 14.3 Å². The van der Waals surface area contributed by atoms with E-state index >= 15 is 4.39 Å². The molecule has 4 aromatic rings. The number of nitrogens with one attached hydrogen (secondary N) is 1. The second-order valence-corrected chi connectivity index (χ2v) is 7.43. The van der Waals surface area contributed by atoms with Gasteiger partial charge in [-0.25, -0.2) is 4.39 Å². The molecule has 0 unspecified atom stereocenters. The number of amides is 1. The summed E-state index contributed by atoms with van der Waals surface area (Å²) in [4.78, 5) is 25.2. The highest BCUT2D eigenvalue weighted by Crippen LogP contribution is 2.29. The van der Waals surface area contributed by atoms with Crippen LogP contribution in [0.2, 0.25) is 0 Å². The van der Waals surface area contributed by atoms with Gasteiger partial charge in [0.05, 0.1) is 35.8 Å². The Morgan fingerprint density at radius 2 is 2.03 bits per heavy atom. The van der Waals surface area contributed by atoms with Crippen LogP contribution in [0.1, 0.15) is 41.1 Å². The van der Waals surface area contributed by atoms with Crippen molar-refractivity contribution in [1.29, 1.82) is 0 Å². The molecule has 0 aliphatic carbocycles. The first-order chi connectivity index (χ1) is 15.4. The van der Waals surface area contributed by atoms with Gasteiger partial charge in [-0.1, -0.05) is 19.1 Å². The van der Waals surface area contributed by atoms with Crippen LogP contribution in [-0.4, -0.2) is 33.0 Å². The fourth-order valence-electron chi connectivity index (χ4n) is 3.65. The smallest absolute Gasteiger partial charge is 0.257 e. The minimum absolute atomic E-state index is 0.0439. The van der Waals surface area contributed by atoms with Crippen molar-refractivity contribution >= 4 is 22.9 Å². The van der Waals surface area contributed by atoms with E-state index in [9.17, 15) is 9.59 Å². The van der Waals surface area contributed by atoms with Gasteiger partial charge >= 0.3 is 0 Å². The van der Waals surface area contributed by atoms with Crippen molar-refractivity contribution in [2.75, 3.05) is 12.4 Å². The molecule has 0 aliphatic heterocycles. The number of ketones is 1. The number of rotatable bonds is 7. The Kier molecular flexibility index (Phi) is 5.77. The van der Waals surface area contributed by atoms with Crippen LogP contribution in [-0.2, 0) is 6.54 Å². The summed E-state index contributed by atoms with van der Waals surface area (Å²) in [5.41, 5.74) is 2.11. The van der Waals surface area contributed by atoms with Crippen LogP contribution in [0.3, 0.4) is 0 Å². The highest BCUT2D eigenvalue weighted by molar-refractivity contribution is 6.11. The first-order valence-corrected chi connectivity index (χ1v) is 10.3. The summed E-state index contributed by atoms with van der Waals surface area (Å²) in [6.07, 6.45) is 5.96. The number of carbonyl (C=O) groups is 2. The van der Waals surface area contributed by atoms with Crippen molar-refractivity contribution in [3.63, 3.8) is 0 Å². The molecule has 0 bridgehead atoms. The number of aromatic nitrogens is 3. The van der Waals surface area contributed by atoms with Crippen LogP contribution in [0, 0.1) is 5.82 Å². The number of aryl methyl sites for hydroxylation is 1. The Labute approximate surface area is 184 Å². The lowest BCUT2D eigenvalue weighted by molar-refractivity contribution is 0.101. The second kappa shape index (κ2) is 8.66. The SMILES string of the molecule is CCCn1cc(-c2cccc(NC(=O)c3cc(C(C)=O)n4ccc(OC)cc34)c2F)cn1. The summed E-state index contributed by atoms with van der Waals surface area (Å²) in [6, 6.07) is 9.68. The number of anilines is 1. The van der Waals surface area contributed by atoms with Crippen molar-refractivity contribution in [1.82, 2.24) is 14.2 Å². The first-order valence-electron chi connectivity index (χ1n) is 10.3. The zero-order valence-electron chi connectivity index (χ0n) is 18.1. The van der Waals surface area contributed by atoms with Crippen molar-refractivity contribution in [2.45, 2.75) is 26.8 Å². The molecule has 164 valence electrons. The van der Waals surface area contributed by atoms with Crippen LogP contribution >= 0.6 is 0 Å². The summed E-state index contributed by atoms with van der Waals surface area (Å²) < 4.78 is 23.9. The molecule has 0 atom stereocenters. The number of hydrogen-bond acceptors (Lipinski definition) is 4. The van der Waals surface area contributed by atoms with Crippen LogP contribution in [0.15, 0.2) is 55.0 Å². The third-order valence-corrected chi connectivity index (χ3v) is 5.23. The number of fused-ring (bicyclic) bond motifs is 1. The molecule has 0 radical (unpaired) electrons. The number of ether oxygens (including phenoxy) is 1. The Bertz CT molecular complexity index is 1320. The molecule has 3 aromatic heterocycles. The normalized spacial score (nSPS) is 11.0. The Morgan fingerprint density at radius 1 is 1.22 bits per heavy atom. The Balaban J connectivity index is 1.70. The monoisotopic (exact) mass is 434 g/mol. The maximum Gasteiger partial charge on any atom is 0.257 e. The lowest BCUT2D eigenvalue weighted by Crippen LogP contribution is -2.13. The van der Waals surface area contributed by atoms with Crippen LogP contribution in [0.25, 0.3) is 16.6 Å². The van der Waals surface area contributed by atoms with E-state index in [2.05, 4.69) is 10.4 Å². The van der Waals surface area contributed by atoms with Crippen molar-refractivity contribution in [3.05, 3.63) is 72.1 Å². The number of pyridine rings is 1. The van der Waals surface area contributed by atoms with Gasteiger partial charge in [-0.15, -0.1) is 0 Å². The average molecular weight is 434 g/mol. The van der Waals surface area contributed by atoms with Gasteiger partial charge in [0, 0.05) is 43.1 Å². The van der Waals surface area contributed by atoms with E-state index < -0.39 is 11.7 Å². The highest BCUT2D eigenvalue weighted by Gasteiger charge is 2.20. The molecule has 4 rings (SSSR count). The predicted octanol–water partition coefficient (Wildman–Crippen LogP) is 4.82. The van der Waals surface area contributed by atoms with Crippen LogP contribution < -0.4 is 10.1 Å². The summed E-state index contributed by atoms with van der Waals surface area (Å²) in [6.45, 7) is 4.20. The average Bonchev–Trinajstić information content (AvgIpc) is 3.40. The van der Waals surface area contributed by atoms with E-state index in [1.54, 1.807) is 51.9 Å². The summed E-state index contributed by atoms with van der Waals surface area (Å²) in [5, 5.41) is 6.89.